The molecular weight excluding hydrogens is 347 g/mol. The van der Waals surface area contributed by atoms with Crippen molar-refractivity contribution in [1.29, 1.82) is 0 Å². The molecule has 1 aliphatic rings. The zero-order valence-corrected chi connectivity index (χ0v) is 15.1. The van der Waals surface area contributed by atoms with E-state index in [0.29, 0.717) is 13.2 Å². The molecular formula is C20H21FN4O2. The van der Waals surface area contributed by atoms with Gasteiger partial charge in [0.25, 0.3) is 5.91 Å². The standard InChI is InChI=1S/C20H21FN4O2/c1-27-13-5-4-12-24-18(14-8-10-15(21)11-9-14)19(20(24)26)25-17-7-3-2-6-16(17)22-23-25/h2-3,6-11,18-19H,4-5,12-13H2,1H3. The van der Waals surface area contributed by atoms with E-state index in [9.17, 15) is 9.18 Å². The van der Waals surface area contributed by atoms with Crippen LogP contribution in [0.15, 0.2) is 48.5 Å². The summed E-state index contributed by atoms with van der Waals surface area (Å²) in [6, 6.07) is 13.3. The van der Waals surface area contributed by atoms with E-state index in [-0.39, 0.29) is 17.8 Å². The number of β-lactam (4-membered cyclic amide) rings is 1. The Morgan fingerprint density at radius 2 is 1.85 bits per heavy atom. The Bertz CT molecular complexity index is 941. The van der Waals surface area contributed by atoms with Gasteiger partial charge < -0.3 is 9.64 Å². The zero-order valence-electron chi connectivity index (χ0n) is 15.1. The van der Waals surface area contributed by atoms with Gasteiger partial charge in [-0.05, 0) is 42.7 Å². The Labute approximate surface area is 156 Å². The number of carbonyl (C=O) groups is 1. The molecule has 0 radical (unpaired) electrons. The van der Waals surface area contributed by atoms with Crippen LogP contribution in [0.2, 0.25) is 0 Å². The number of rotatable bonds is 7. The molecule has 2 aromatic carbocycles. The molecule has 0 aliphatic carbocycles. The quantitative estimate of drug-likeness (QED) is 0.475. The number of aromatic nitrogens is 3. The number of carbonyl (C=O) groups excluding carboxylic acids is 1. The molecule has 0 N–H and O–H groups in total. The number of halogens is 1. The summed E-state index contributed by atoms with van der Waals surface area (Å²) in [6.45, 7) is 1.30. The van der Waals surface area contributed by atoms with Crippen molar-refractivity contribution in [3.63, 3.8) is 0 Å². The number of para-hydroxylation sites is 1. The number of methoxy groups -OCH3 is 1. The molecule has 4 rings (SSSR count). The fourth-order valence-electron chi connectivity index (χ4n) is 3.66. The Hall–Kier alpha value is -2.80. The van der Waals surface area contributed by atoms with Crippen LogP contribution in [0.3, 0.4) is 0 Å². The van der Waals surface area contributed by atoms with Crippen LogP contribution in [0.4, 0.5) is 4.39 Å². The SMILES string of the molecule is COCCCCN1C(=O)C(n2nnc3ccccc32)C1c1ccc(F)cc1. The number of benzene rings is 2. The first-order valence-corrected chi connectivity index (χ1v) is 9.05. The number of hydrogen-bond acceptors (Lipinski definition) is 4. The molecule has 1 aromatic heterocycles. The first-order valence-electron chi connectivity index (χ1n) is 9.05. The highest BCUT2D eigenvalue weighted by Crippen LogP contribution is 2.44. The Balaban J connectivity index is 1.65. The number of ether oxygens (including phenoxy) is 1. The van der Waals surface area contributed by atoms with Gasteiger partial charge in [0, 0.05) is 20.3 Å². The molecule has 3 aromatic rings. The number of hydrogen-bond donors (Lipinski definition) is 0. The minimum Gasteiger partial charge on any atom is -0.385 e. The lowest BCUT2D eigenvalue weighted by Gasteiger charge is -2.47. The van der Waals surface area contributed by atoms with Gasteiger partial charge in [-0.1, -0.05) is 29.5 Å². The predicted molar refractivity (Wildman–Crippen MR) is 98.5 cm³/mol. The van der Waals surface area contributed by atoms with Crippen LogP contribution in [-0.2, 0) is 9.53 Å². The summed E-state index contributed by atoms with van der Waals surface area (Å²) >= 11 is 0. The summed E-state index contributed by atoms with van der Waals surface area (Å²) in [5, 5.41) is 8.41. The molecule has 1 amide bonds. The van der Waals surface area contributed by atoms with Crippen molar-refractivity contribution in [1.82, 2.24) is 19.9 Å². The number of amides is 1. The van der Waals surface area contributed by atoms with Crippen molar-refractivity contribution >= 4 is 16.9 Å². The van der Waals surface area contributed by atoms with Gasteiger partial charge in [-0.25, -0.2) is 9.07 Å². The lowest BCUT2D eigenvalue weighted by molar-refractivity contribution is -0.155. The molecule has 2 atom stereocenters. The second-order valence-electron chi connectivity index (χ2n) is 6.70. The fraction of sp³-hybridized carbons (Fsp3) is 0.350. The van der Waals surface area contributed by atoms with E-state index >= 15 is 0 Å². The summed E-state index contributed by atoms with van der Waals surface area (Å²) in [5.41, 5.74) is 2.47. The van der Waals surface area contributed by atoms with Crippen LogP contribution >= 0.6 is 0 Å². The summed E-state index contributed by atoms with van der Waals surface area (Å²) in [5.74, 6) is -0.281. The second kappa shape index (κ2) is 7.44. The molecule has 1 aliphatic heterocycles. The van der Waals surface area contributed by atoms with Gasteiger partial charge in [-0.15, -0.1) is 5.10 Å². The van der Waals surface area contributed by atoms with E-state index < -0.39 is 6.04 Å². The maximum Gasteiger partial charge on any atom is 0.250 e. The van der Waals surface area contributed by atoms with Crippen LogP contribution in [0.1, 0.15) is 30.5 Å². The molecule has 7 heteroatoms. The molecule has 0 bridgehead atoms. The third-order valence-electron chi connectivity index (χ3n) is 5.02. The third-order valence-corrected chi connectivity index (χ3v) is 5.02. The van der Waals surface area contributed by atoms with Crippen LogP contribution in [0.5, 0.6) is 0 Å². The van der Waals surface area contributed by atoms with Gasteiger partial charge in [0.1, 0.15) is 11.3 Å². The van der Waals surface area contributed by atoms with Crippen molar-refractivity contribution in [2.45, 2.75) is 24.9 Å². The van der Waals surface area contributed by atoms with E-state index in [1.165, 1.54) is 12.1 Å². The first-order chi connectivity index (χ1) is 13.2. The van der Waals surface area contributed by atoms with Crippen molar-refractivity contribution in [3.05, 3.63) is 59.9 Å². The Kier molecular flexibility index (Phi) is 4.85. The topological polar surface area (TPSA) is 60.2 Å². The van der Waals surface area contributed by atoms with Crippen molar-refractivity contribution < 1.29 is 13.9 Å². The van der Waals surface area contributed by atoms with Gasteiger partial charge in [0.2, 0.25) is 0 Å². The van der Waals surface area contributed by atoms with Crippen molar-refractivity contribution in [2.24, 2.45) is 0 Å². The third kappa shape index (κ3) is 3.19. The first kappa shape index (κ1) is 17.6. The normalized spacial score (nSPS) is 19.5. The van der Waals surface area contributed by atoms with Crippen LogP contribution in [-0.4, -0.2) is 46.1 Å². The number of fused-ring (bicyclic) bond motifs is 1. The maximum absolute atomic E-state index is 13.4. The summed E-state index contributed by atoms with van der Waals surface area (Å²) in [4.78, 5) is 14.8. The highest BCUT2D eigenvalue weighted by Gasteiger charge is 2.50. The van der Waals surface area contributed by atoms with Gasteiger partial charge in [-0.2, -0.15) is 0 Å². The monoisotopic (exact) mass is 368 g/mol. The molecule has 140 valence electrons. The van der Waals surface area contributed by atoms with Crippen LogP contribution in [0, 0.1) is 5.82 Å². The lowest BCUT2D eigenvalue weighted by Crippen LogP contribution is -2.56. The van der Waals surface area contributed by atoms with Crippen LogP contribution in [0.25, 0.3) is 11.0 Å². The molecule has 0 saturated carbocycles. The number of likely N-dealkylation sites (tertiary alicyclic amines) is 1. The minimum atomic E-state index is -0.467. The number of nitrogens with zero attached hydrogens (tertiary/aromatic N) is 4. The van der Waals surface area contributed by atoms with Gasteiger partial charge >= 0.3 is 0 Å². The average molecular weight is 368 g/mol. The molecule has 2 heterocycles. The van der Waals surface area contributed by atoms with E-state index in [0.717, 1.165) is 29.4 Å². The maximum atomic E-state index is 13.4. The summed E-state index contributed by atoms with van der Waals surface area (Å²) < 4.78 is 20.2. The highest BCUT2D eigenvalue weighted by atomic mass is 19.1. The summed E-state index contributed by atoms with van der Waals surface area (Å²) in [6.07, 6.45) is 1.73. The highest BCUT2D eigenvalue weighted by molar-refractivity contribution is 5.90. The van der Waals surface area contributed by atoms with Gasteiger partial charge in [-0.3, -0.25) is 4.79 Å². The molecule has 27 heavy (non-hydrogen) atoms. The average Bonchev–Trinajstić information content (AvgIpc) is 3.10. The fourth-order valence-corrected chi connectivity index (χ4v) is 3.66. The van der Waals surface area contributed by atoms with E-state index in [2.05, 4.69) is 10.3 Å². The second-order valence-corrected chi connectivity index (χ2v) is 6.70. The minimum absolute atomic E-state index is 0.0115. The Morgan fingerprint density at radius 3 is 2.63 bits per heavy atom. The van der Waals surface area contributed by atoms with Gasteiger partial charge in [0.05, 0.1) is 11.6 Å². The largest absolute Gasteiger partial charge is 0.385 e. The zero-order chi connectivity index (χ0) is 18.8. The molecule has 0 spiro atoms. The van der Waals surface area contributed by atoms with Gasteiger partial charge in [0.15, 0.2) is 6.04 Å². The number of unbranched alkanes of at least 4 members (excludes halogenated alkanes) is 1. The molecule has 1 saturated heterocycles. The van der Waals surface area contributed by atoms with E-state index in [1.54, 1.807) is 23.9 Å². The van der Waals surface area contributed by atoms with Crippen LogP contribution < -0.4 is 0 Å². The summed E-state index contributed by atoms with van der Waals surface area (Å²) in [7, 11) is 1.67. The van der Waals surface area contributed by atoms with E-state index in [1.807, 2.05) is 29.2 Å². The molecule has 6 nitrogen and oxygen atoms in total. The van der Waals surface area contributed by atoms with Crippen molar-refractivity contribution in [2.75, 3.05) is 20.3 Å². The molecule has 1 fully saturated rings. The van der Waals surface area contributed by atoms with Crippen molar-refractivity contribution in [3.8, 4) is 0 Å². The Morgan fingerprint density at radius 1 is 1.07 bits per heavy atom. The van der Waals surface area contributed by atoms with E-state index in [4.69, 9.17) is 4.74 Å². The smallest absolute Gasteiger partial charge is 0.250 e. The molecule has 2 unspecified atom stereocenters. The lowest BCUT2D eigenvalue weighted by atomic mass is 9.88. The predicted octanol–water partition coefficient (Wildman–Crippen LogP) is 3.12.